The zero-order chi connectivity index (χ0) is 28.1. The first-order valence-electron chi connectivity index (χ1n) is 12.2. The number of carbonyl (C=O) groups is 1. The van der Waals surface area contributed by atoms with Gasteiger partial charge in [-0.3, -0.25) is 9.48 Å². The van der Waals surface area contributed by atoms with E-state index in [1.807, 2.05) is 34.5 Å². The maximum absolute atomic E-state index is 13.5. The molecule has 0 radical (unpaired) electrons. The highest BCUT2D eigenvalue weighted by molar-refractivity contribution is 7.90. The summed E-state index contributed by atoms with van der Waals surface area (Å²) in [5.74, 6) is -2.91. The molecule has 0 fully saturated rings. The van der Waals surface area contributed by atoms with Crippen LogP contribution >= 0.6 is 11.3 Å². The molecule has 0 spiro atoms. The van der Waals surface area contributed by atoms with Gasteiger partial charge < -0.3 is 4.74 Å². The Bertz CT molecular complexity index is 1800. The van der Waals surface area contributed by atoms with Gasteiger partial charge in [-0.2, -0.15) is 5.10 Å². The zero-order valence-electron chi connectivity index (χ0n) is 21.0. The van der Waals surface area contributed by atoms with Crippen LogP contribution in [0.15, 0.2) is 95.5 Å². The number of halogens is 2. The van der Waals surface area contributed by atoms with E-state index >= 15 is 0 Å². The van der Waals surface area contributed by atoms with Gasteiger partial charge in [0.1, 0.15) is 5.75 Å². The summed E-state index contributed by atoms with van der Waals surface area (Å²) in [6, 6.07) is 18.2. The number of fused-ring (bicyclic) bond motifs is 1. The molecule has 0 aliphatic carbocycles. The molecule has 1 N–H and O–H groups in total. The smallest absolute Gasteiger partial charge is 0.264 e. The zero-order valence-corrected chi connectivity index (χ0v) is 22.6. The molecule has 0 saturated heterocycles. The molecule has 0 saturated carbocycles. The first-order valence-corrected chi connectivity index (χ1v) is 14.5. The summed E-state index contributed by atoms with van der Waals surface area (Å²) in [7, 11) is -4.40. The molecule has 5 rings (SSSR count). The molecule has 2 heterocycles. The third kappa shape index (κ3) is 6.44. The Kier molecular flexibility index (Phi) is 8.04. The van der Waals surface area contributed by atoms with E-state index in [4.69, 9.17) is 4.74 Å². The highest BCUT2D eigenvalue weighted by Crippen LogP contribution is 2.33. The number of rotatable bonds is 10. The van der Waals surface area contributed by atoms with E-state index in [9.17, 15) is 22.0 Å². The van der Waals surface area contributed by atoms with Crippen molar-refractivity contribution in [2.75, 3.05) is 6.61 Å². The minimum atomic E-state index is -4.40. The number of hydrogen-bond donors (Lipinski definition) is 1. The molecule has 7 nitrogen and oxygen atoms in total. The lowest BCUT2D eigenvalue weighted by Gasteiger charge is -2.10. The van der Waals surface area contributed by atoms with Gasteiger partial charge in [-0.25, -0.2) is 21.9 Å². The number of nitrogens with zero attached hydrogens (tertiary/aromatic N) is 2. The number of ether oxygens (including phenoxy) is 1. The fourth-order valence-electron chi connectivity index (χ4n) is 4.04. The number of hydrogen-bond acceptors (Lipinski definition) is 6. The summed E-state index contributed by atoms with van der Waals surface area (Å²) >= 11 is 1.33. The molecule has 0 atom stereocenters. The minimum Gasteiger partial charge on any atom is -0.491 e. The summed E-state index contributed by atoms with van der Waals surface area (Å²) in [5, 5.41) is 8.43. The van der Waals surface area contributed by atoms with Crippen molar-refractivity contribution in [3.63, 3.8) is 0 Å². The Labute approximate surface area is 233 Å². The Morgan fingerprint density at radius 1 is 1.02 bits per heavy atom. The minimum absolute atomic E-state index is 0.374. The molecular formula is C29H23F2N3O4S2. The van der Waals surface area contributed by atoms with Crippen LogP contribution in [-0.4, -0.2) is 30.7 Å². The molecule has 40 heavy (non-hydrogen) atoms. The molecule has 0 aliphatic heterocycles. The molecule has 3 aromatic carbocycles. The molecule has 11 heteroatoms. The van der Waals surface area contributed by atoms with Crippen LogP contribution < -0.4 is 9.46 Å². The van der Waals surface area contributed by atoms with E-state index in [-0.39, 0.29) is 0 Å². The van der Waals surface area contributed by atoms with Crippen molar-refractivity contribution in [3.05, 3.63) is 118 Å². The van der Waals surface area contributed by atoms with Gasteiger partial charge in [0.25, 0.3) is 15.9 Å². The number of benzene rings is 3. The molecule has 0 aliphatic rings. The molecule has 2 aromatic heterocycles. The van der Waals surface area contributed by atoms with Crippen LogP contribution in [0.1, 0.15) is 16.0 Å². The third-order valence-electron chi connectivity index (χ3n) is 6.01. The van der Waals surface area contributed by atoms with Gasteiger partial charge in [0.2, 0.25) is 0 Å². The third-order valence-corrected chi connectivity index (χ3v) is 8.33. The van der Waals surface area contributed by atoms with Crippen molar-refractivity contribution in [2.24, 2.45) is 0 Å². The Hall–Kier alpha value is -4.35. The SMILES string of the molecule is O=C(/C=C/c1scc(Cn2cccn2)c1OCCc1ccc2ccccc2c1)NS(=O)(=O)c1ccc(F)c(F)c1. The monoisotopic (exact) mass is 579 g/mol. The lowest BCUT2D eigenvalue weighted by Crippen LogP contribution is -2.29. The van der Waals surface area contributed by atoms with Gasteiger partial charge in [0.05, 0.1) is 22.9 Å². The molecule has 204 valence electrons. The predicted molar refractivity (Wildman–Crippen MR) is 150 cm³/mol. The van der Waals surface area contributed by atoms with Crippen molar-refractivity contribution in [3.8, 4) is 5.75 Å². The highest BCUT2D eigenvalue weighted by Gasteiger charge is 2.19. The van der Waals surface area contributed by atoms with Crippen LogP contribution in [-0.2, 0) is 27.8 Å². The second kappa shape index (κ2) is 11.8. The average Bonchev–Trinajstić information content (AvgIpc) is 3.59. The second-order valence-corrected chi connectivity index (χ2v) is 11.4. The molecule has 0 bridgehead atoms. The van der Waals surface area contributed by atoms with Gasteiger partial charge >= 0.3 is 0 Å². The number of aromatic nitrogens is 2. The molecule has 5 aromatic rings. The second-order valence-electron chi connectivity index (χ2n) is 8.82. The lowest BCUT2D eigenvalue weighted by atomic mass is 10.1. The summed E-state index contributed by atoms with van der Waals surface area (Å²) in [6.07, 6.45) is 6.65. The summed E-state index contributed by atoms with van der Waals surface area (Å²) < 4.78 is 61.3. The fourth-order valence-corrected chi connectivity index (χ4v) is 5.89. The topological polar surface area (TPSA) is 90.3 Å². The van der Waals surface area contributed by atoms with Crippen LogP contribution in [0.25, 0.3) is 16.8 Å². The maximum Gasteiger partial charge on any atom is 0.264 e. The van der Waals surface area contributed by atoms with Crippen LogP contribution in [0, 0.1) is 11.6 Å². The largest absolute Gasteiger partial charge is 0.491 e. The van der Waals surface area contributed by atoms with E-state index in [2.05, 4.69) is 35.4 Å². The van der Waals surface area contributed by atoms with Gasteiger partial charge in [0.15, 0.2) is 11.6 Å². The normalized spacial score (nSPS) is 11.8. The van der Waals surface area contributed by atoms with E-state index in [1.54, 1.807) is 10.9 Å². The van der Waals surface area contributed by atoms with Crippen molar-refractivity contribution in [1.29, 1.82) is 0 Å². The number of nitrogens with one attached hydrogen (secondary N) is 1. The van der Waals surface area contributed by atoms with Crippen LogP contribution in [0.5, 0.6) is 5.75 Å². The molecule has 0 unspecified atom stereocenters. The van der Waals surface area contributed by atoms with E-state index in [0.717, 1.165) is 34.0 Å². The van der Waals surface area contributed by atoms with Gasteiger partial charge in [-0.15, -0.1) is 11.3 Å². The van der Waals surface area contributed by atoms with E-state index < -0.39 is 32.5 Å². The lowest BCUT2D eigenvalue weighted by molar-refractivity contribution is -0.114. The van der Waals surface area contributed by atoms with Crippen LogP contribution in [0.2, 0.25) is 0 Å². The average molecular weight is 580 g/mol. The Morgan fingerprint density at radius 2 is 1.85 bits per heavy atom. The number of amides is 1. The highest BCUT2D eigenvalue weighted by atomic mass is 32.2. The van der Waals surface area contributed by atoms with Crippen molar-refractivity contribution >= 4 is 44.1 Å². The van der Waals surface area contributed by atoms with Crippen molar-refractivity contribution in [2.45, 2.75) is 17.9 Å². The molecular weight excluding hydrogens is 556 g/mol. The van der Waals surface area contributed by atoms with E-state index in [1.165, 1.54) is 17.4 Å². The van der Waals surface area contributed by atoms with Gasteiger partial charge in [0, 0.05) is 35.8 Å². The standard InChI is InChI=1S/C29H23F2N3O4S2/c30-25-9-8-24(17-26(25)31)40(36,37)33-28(35)11-10-27-29(23(19-39-27)18-34-14-3-13-32-34)38-15-12-20-6-7-21-4-1-2-5-22(21)16-20/h1-11,13-14,16-17,19H,12,15,18H2,(H,33,35)/b11-10+. The van der Waals surface area contributed by atoms with Crippen LogP contribution in [0.3, 0.4) is 0 Å². The Balaban J connectivity index is 1.31. The van der Waals surface area contributed by atoms with Crippen molar-refractivity contribution in [1.82, 2.24) is 14.5 Å². The number of sulfonamides is 1. The van der Waals surface area contributed by atoms with Gasteiger partial charge in [-0.1, -0.05) is 42.5 Å². The number of carbonyl (C=O) groups excluding carboxylic acids is 1. The first kappa shape index (κ1) is 27.2. The van der Waals surface area contributed by atoms with Crippen LogP contribution in [0.4, 0.5) is 8.78 Å². The fraction of sp³-hybridized carbons (Fsp3) is 0.103. The van der Waals surface area contributed by atoms with Crippen molar-refractivity contribution < 1.29 is 26.7 Å². The van der Waals surface area contributed by atoms with E-state index in [0.29, 0.717) is 42.3 Å². The summed E-state index contributed by atoms with van der Waals surface area (Å²) in [4.78, 5) is 12.5. The number of thiophene rings is 1. The molecule has 1 amide bonds. The summed E-state index contributed by atoms with van der Waals surface area (Å²) in [5.41, 5.74) is 1.96. The predicted octanol–water partition coefficient (Wildman–Crippen LogP) is 5.56. The Morgan fingerprint density at radius 3 is 2.62 bits per heavy atom. The first-order chi connectivity index (χ1) is 19.3. The summed E-state index contributed by atoms with van der Waals surface area (Å²) in [6.45, 7) is 0.818. The maximum atomic E-state index is 13.5. The quantitative estimate of drug-likeness (QED) is 0.219. The van der Waals surface area contributed by atoms with Gasteiger partial charge in [-0.05, 0) is 46.7 Å².